The Morgan fingerprint density at radius 3 is 2.56 bits per heavy atom. The van der Waals surface area contributed by atoms with Gasteiger partial charge in [-0.25, -0.2) is 0 Å². The Balaban J connectivity index is 0.00000364. The van der Waals surface area contributed by atoms with Gasteiger partial charge in [0.2, 0.25) is 0 Å². The molecule has 0 bridgehead atoms. The highest BCUT2D eigenvalue weighted by Gasteiger charge is 2.33. The first-order chi connectivity index (χ1) is 12.6. The molecule has 0 atom stereocenters. The normalized spacial score (nSPS) is 15.9. The van der Waals surface area contributed by atoms with E-state index < -0.39 is 0 Å². The van der Waals surface area contributed by atoms with Crippen molar-refractivity contribution >= 4 is 29.9 Å². The van der Waals surface area contributed by atoms with Crippen molar-refractivity contribution in [1.82, 2.24) is 10.6 Å². The molecule has 1 aromatic rings. The summed E-state index contributed by atoms with van der Waals surface area (Å²) in [6.45, 7) is 7.32. The first-order valence-electron chi connectivity index (χ1n) is 9.78. The molecule has 1 aliphatic rings. The molecule has 0 aliphatic heterocycles. The summed E-state index contributed by atoms with van der Waals surface area (Å²) in [5.74, 6) is 1.82. The molecule has 1 aliphatic carbocycles. The third-order valence-electron chi connectivity index (χ3n) is 5.35. The molecule has 1 aromatic carbocycles. The molecule has 27 heavy (non-hydrogen) atoms. The number of aryl methyl sites for hydroxylation is 1. The van der Waals surface area contributed by atoms with Crippen molar-refractivity contribution in [2.24, 2.45) is 10.4 Å². The first kappa shape index (κ1) is 24.0. The zero-order valence-electron chi connectivity index (χ0n) is 17.3. The quantitative estimate of drug-likeness (QED) is 0.309. The maximum atomic E-state index is 5.61. The van der Waals surface area contributed by atoms with E-state index in [9.17, 15) is 0 Å². The van der Waals surface area contributed by atoms with Gasteiger partial charge in [0.1, 0.15) is 5.75 Å². The van der Waals surface area contributed by atoms with Crippen molar-refractivity contribution in [2.75, 3.05) is 33.9 Å². The molecule has 0 unspecified atom stereocenters. The highest BCUT2D eigenvalue weighted by atomic mass is 127. The average Bonchev–Trinajstić information content (AvgIpc) is 3.11. The summed E-state index contributed by atoms with van der Waals surface area (Å²) in [7, 11) is 3.62. The van der Waals surface area contributed by atoms with Crippen LogP contribution in [0.2, 0.25) is 0 Å². The Bertz CT molecular complexity index is 587. The van der Waals surface area contributed by atoms with Crippen molar-refractivity contribution in [3.63, 3.8) is 0 Å². The summed E-state index contributed by atoms with van der Waals surface area (Å²) in [6.07, 6.45) is 6.31. The molecule has 0 heterocycles. The topological polar surface area (TPSA) is 54.9 Å². The summed E-state index contributed by atoms with van der Waals surface area (Å²) in [4.78, 5) is 4.38. The minimum Gasteiger partial charge on any atom is -0.494 e. The minimum atomic E-state index is 0. The second kappa shape index (κ2) is 12.4. The van der Waals surface area contributed by atoms with Crippen LogP contribution in [-0.4, -0.2) is 39.9 Å². The minimum absolute atomic E-state index is 0. The van der Waals surface area contributed by atoms with E-state index in [1.807, 2.05) is 20.0 Å². The third kappa shape index (κ3) is 7.49. The zero-order valence-corrected chi connectivity index (χ0v) is 19.6. The first-order valence-corrected chi connectivity index (χ1v) is 9.78. The van der Waals surface area contributed by atoms with Gasteiger partial charge in [-0.2, -0.15) is 0 Å². The molecular formula is C21H36IN3O2. The van der Waals surface area contributed by atoms with Crippen molar-refractivity contribution in [2.45, 2.75) is 52.5 Å². The fraction of sp³-hybridized carbons (Fsp3) is 0.667. The molecule has 6 heteroatoms. The van der Waals surface area contributed by atoms with Crippen LogP contribution in [0.3, 0.4) is 0 Å². The van der Waals surface area contributed by atoms with Crippen molar-refractivity contribution < 1.29 is 9.47 Å². The molecule has 0 spiro atoms. The molecule has 0 radical (unpaired) electrons. The van der Waals surface area contributed by atoms with Crippen LogP contribution in [0.25, 0.3) is 0 Å². The SMILES string of the molecule is CCOc1ccc(CNC(=NC)NCC2(CCOC)CCCC2)cc1C.I. The Hall–Kier alpha value is -1.02. The van der Waals surface area contributed by atoms with Gasteiger partial charge in [0, 0.05) is 33.9 Å². The highest BCUT2D eigenvalue weighted by Crippen LogP contribution is 2.40. The van der Waals surface area contributed by atoms with Gasteiger partial charge in [0.15, 0.2) is 5.96 Å². The second-order valence-electron chi connectivity index (χ2n) is 7.26. The van der Waals surface area contributed by atoms with Gasteiger partial charge < -0.3 is 20.1 Å². The molecule has 0 amide bonds. The molecule has 2 rings (SSSR count). The van der Waals surface area contributed by atoms with E-state index in [1.165, 1.54) is 36.8 Å². The molecule has 2 N–H and O–H groups in total. The second-order valence-corrected chi connectivity index (χ2v) is 7.26. The molecule has 0 saturated heterocycles. The molecule has 1 fully saturated rings. The van der Waals surface area contributed by atoms with E-state index >= 15 is 0 Å². The number of rotatable bonds is 9. The molecule has 154 valence electrons. The number of ether oxygens (including phenoxy) is 2. The fourth-order valence-electron chi connectivity index (χ4n) is 3.78. The number of halogens is 1. The number of guanidine groups is 1. The predicted molar refractivity (Wildman–Crippen MR) is 123 cm³/mol. The van der Waals surface area contributed by atoms with E-state index in [0.29, 0.717) is 12.0 Å². The van der Waals surface area contributed by atoms with Gasteiger partial charge in [0.05, 0.1) is 6.61 Å². The maximum Gasteiger partial charge on any atom is 0.191 e. The number of nitrogens with one attached hydrogen (secondary N) is 2. The van der Waals surface area contributed by atoms with Gasteiger partial charge in [-0.3, -0.25) is 4.99 Å². The van der Waals surface area contributed by atoms with Crippen LogP contribution in [0.1, 0.15) is 50.2 Å². The Kier molecular flexibility index (Phi) is 11.1. The number of benzene rings is 1. The monoisotopic (exact) mass is 489 g/mol. The predicted octanol–water partition coefficient (Wildman–Crippen LogP) is 4.27. The molecule has 0 aromatic heterocycles. The summed E-state index contributed by atoms with van der Waals surface area (Å²) in [5, 5.41) is 6.96. The van der Waals surface area contributed by atoms with Crippen LogP contribution >= 0.6 is 24.0 Å². The molecular weight excluding hydrogens is 453 g/mol. The summed E-state index contributed by atoms with van der Waals surface area (Å²) < 4.78 is 10.9. The van der Waals surface area contributed by atoms with Gasteiger partial charge in [0.25, 0.3) is 0 Å². The number of aliphatic imine (C=N–C) groups is 1. The van der Waals surface area contributed by atoms with Gasteiger partial charge >= 0.3 is 0 Å². The van der Waals surface area contributed by atoms with E-state index in [1.54, 1.807) is 7.11 Å². The zero-order chi connectivity index (χ0) is 18.8. The Morgan fingerprint density at radius 1 is 1.22 bits per heavy atom. The van der Waals surface area contributed by atoms with Crippen LogP contribution in [0.4, 0.5) is 0 Å². The van der Waals surface area contributed by atoms with Gasteiger partial charge in [-0.1, -0.05) is 25.0 Å². The van der Waals surface area contributed by atoms with Crippen molar-refractivity contribution in [3.05, 3.63) is 29.3 Å². The smallest absolute Gasteiger partial charge is 0.191 e. The number of hydrogen-bond donors (Lipinski definition) is 2. The molecule has 1 saturated carbocycles. The van der Waals surface area contributed by atoms with E-state index in [0.717, 1.165) is 37.8 Å². The lowest BCUT2D eigenvalue weighted by Crippen LogP contribution is -2.43. The van der Waals surface area contributed by atoms with Crippen molar-refractivity contribution in [1.29, 1.82) is 0 Å². The maximum absolute atomic E-state index is 5.61. The van der Waals surface area contributed by atoms with Crippen LogP contribution in [0, 0.1) is 12.3 Å². The summed E-state index contributed by atoms with van der Waals surface area (Å²) in [6, 6.07) is 6.32. The summed E-state index contributed by atoms with van der Waals surface area (Å²) >= 11 is 0. The number of nitrogens with zero attached hydrogens (tertiary/aromatic N) is 1. The van der Waals surface area contributed by atoms with Crippen LogP contribution in [0.15, 0.2) is 23.2 Å². The lowest BCUT2D eigenvalue weighted by molar-refractivity contribution is 0.138. The largest absolute Gasteiger partial charge is 0.494 e. The van der Waals surface area contributed by atoms with Gasteiger partial charge in [-0.05, 0) is 55.7 Å². The number of methoxy groups -OCH3 is 1. The van der Waals surface area contributed by atoms with Crippen LogP contribution in [-0.2, 0) is 11.3 Å². The number of hydrogen-bond acceptors (Lipinski definition) is 3. The average molecular weight is 489 g/mol. The Labute approximate surface area is 181 Å². The van der Waals surface area contributed by atoms with E-state index in [-0.39, 0.29) is 24.0 Å². The fourth-order valence-corrected chi connectivity index (χ4v) is 3.78. The Morgan fingerprint density at radius 2 is 1.96 bits per heavy atom. The van der Waals surface area contributed by atoms with E-state index in [4.69, 9.17) is 9.47 Å². The van der Waals surface area contributed by atoms with Gasteiger partial charge in [-0.15, -0.1) is 24.0 Å². The molecule has 5 nitrogen and oxygen atoms in total. The summed E-state index contributed by atoms with van der Waals surface area (Å²) in [5.41, 5.74) is 2.74. The highest BCUT2D eigenvalue weighted by molar-refractivity contribution is 14.0. The lowest BCUT2D eigenvalue weighted by Gasteiger charge is -2.30. The van der Waals surface area contributed by atoms with E-state index in [2.05, 4.69) is 34.7 Å². The third-order valence-corrected chi connectivity index (χ3v) is 5.35. The van der Waals surface area contributed by atoms with Crippen LogP contribution in [0.5, 0.6) is 5.75 Å². The standard InChI is InChI=1S/C21H35N3O2.HI/c1-5-26-19-9-8-18(14-17(19)2)15-23-20(22-3)24-16-21(12-13-25-4)10-6-7-11-21;/h8-9,14H,5-7,10-13,15-16H2,1-4H3,(H2,22,23,24);1H. The lowest BCUT2D eigenvalue weighted by atomic mass is 9.83. The van der Waals surface area contributed by atoms with Crippen LogP contribution < -0.4 is 15.4 Å². The van der Waals surface area contributed by atoms with Crippen molar-refractivity contribution in [3.8, 4) is 5.75 Å².